The molecule has 0 radical (unpaired) electrons. The highest BCUT2D eigenvalue weighted by Crippen LogP contribution is 2.57. The van der Waals surface area contributed by atoms with Gasteiger partial charge in [0, 0.05) is 11.3 Å². The Labute approximate surface area is 83.7 Å². The van der Waals surface area contributed by atoms with Gasteiger partial charge in [-0.05, 0) is 19.6 Å². The highest BCUT2D eigenvalue weighted by atomic mass is 31.2. The molecule has 0 atom stereocenters. The molecule has 0 amide bonds. The Morgan fingerprint density at radius 3 is 1.38 bits per heavy atom. The fraction of sp³-hybridized carbons (Fsp3) is 1.00. The maximum Gasteiger partial charge on any atom is 0.198 e. The SMILES string of the molecule is CC(C)P(=O)(O[Si](C)(C)C)C(C)C. The van der Waals surface area contributed by atoms with Gasteiger partial charge in [-0.25, -0.2) is 0 Å². The second-order valence-electron chi connectivity index (χ2n) is 5.04. The molecule has 0 fully saturated rings. The fourth-order valence-electron chi connectivity index (χ4n) is 1.24. The van der Waals surface area contributed by atoms with Crippen LogP contribution in [0.2, 0.25) is 19.6 Å². The van der Waals surface area contributed by atoms with E-state index < -0.39 is 15.7 Å². The lowest BCUT2D eigenvalue weighted by atomic mass is 10.5. The normalized spacial score (nSPS) is 14.2. The zero-order valence-electron chi connectivity index (χ0n) is 9.92. The zero-order valence-corrected chi connectivity index (χ0v) is 11.8. The van der Waals surface area contributed by atoms with Crippen LogP contribution < -0.4 is 0 Å². The molecule has 0 heterocycles. The summed E-state index contributed by atoms with van der Waals surface area (Å²) in [7, 11) is -4.10. The van der Waals surface area contributed by atoms with Gasteiger partial charge in [0.1, 0.15) is 0 Å². The summed E-state index contributed by atoms with van der Waals surface area (Å²) >= 11 is 0. The van der Waals surface area contributed by atoms with Crippen LogP contribution in [0.4, 0.5) is 0 Å². The van der Waals surface area contributed by atoms with Crippen molar-refractivity contribution in [1.29, 1.82) is 0 Å². The summed E-state index contributed by atoms with van der Waals surface area (Å²) in [6.45, 7) is 14.2. The monoisotopic (exact) mass is 222 g/mol. The largest absolute Gasteiger partial charge is 0.370 e. The smallest absolute Gasteiger partial charge is 0.198 e. The molecule has 13 heavy (non-hydrogen) atoms. The molecular formula is C9H23O2PSi. The summed E-state index contributed by atoms with van der Waals surface area (Å²) in [5.41, 5.74) is 0.276. The van der Waals surface area contributed by atoms with Crippen LogP contribution in [-0.2, 0) is 8.78 Å². The molecule has 0 aliphatic heterocycles. The topological polar surface area (TPSA) is 26.3 Å². The molecule has 0 saturated carbocycles. The number of hydrogen-bond donors (Lipinski definition) is 0. The van der Waals surface area contributed by atoms with Crippen molar-refractivity contribution in [3.8, 4) is 0 Å². The molecule has 0 saturated heterocycles. The fourth-order valence-corrected chi connectivity index (χ4v) is 7.54. The Balaban J connectivity index is 4.74. The second-order valence-corrected chi connectivity index (χ2v) is 13.3. The van der Waals surface area contributed by atoms with Gasteiger partial charge >= 0.3 is 0 Å². The van der Waals surface area contributed by atoms with E-state index in [1.54, 1.807) is 0 Å². The first-order chi connectivity index (χ1) is 5.59. The molecule has 0 spiro atoms. The minimum atomic E-state index is -2.42. The van der Waals surface area contributed by atoms with E-state index in [9.17, 15) is 4.57 Å². The van der Waals surface area contributed by atoms with E-state index in [-0.39, 0.29) is 11.3 Å². The molecular weight excluding hydrogens is 199 g/mol. The molecule has 0 rings (SSSR count). The van der Waals surface area contributed by atoms with Crippen LogP contribution >= 0.6 is 7.37 Å². The molecule has 0 aromatic heterocycles. The van der Waals surface area contributed by atoms with Crippen molar-refractivity contribution in [2.24, 2.45) is 0 Å². The Morgan fingerprint density at radius 1 is 1.00 bits per heavy atom. The summed E-state index contributed by atoms with van der Waals surface area (Å²) in [4.78, 5) is 0. The summed E-state index contributed by atoms with van der Waals surface area (Å²) in [6.07, 6.45) is 0. The van der Waals surface area contributed by atoms with Crippen LogP contribution in [0.1, 0.15) is 27.7 Å². The standard InChI is InChI=1S/C9H23O2PSi/c1-8(2)12(10,9(3)4)11-13(5,6)7/h8-9H,1-7H3. The lowest BCUT2D eigenvalue weighted by molar-refractivity contribution is 0.462. The van der Waals surface area contributed by atoms with Crippen LogP contribution in [0.15, 0.2) is 0 Å². The first kappa shape index (κ1) is 13.4. The third-order valence-electron chi connectivity index (χ3n) is 1.86. The zero-order chi connectivity index (χ0) is 10.9. The molecule has 0 aromatic rings. The average Bonchev–Trinajstić information content (AvgIpc) is 1.82. The molecule has 0 N–H and O–H groups in total. The van der Waals surface area contributed by atoms with Crippen LogP contribution in [0, 0.1) is 0 Å². The van der Waals surface area contributed by atoms with Crippen molar-refractivity contribution < 1.29 is 8.78 Å². The van der Waals surface area contributed by atoms with Crippen molar-refractivity contribution in [1.82, 2.24) is 0 Å². The Bertz CT molecular complexity index is 194. The van der Waals surface area contributed by atoms with Crippen molar-refractivity contribution >= 4 is 15.7 Å². The number of rotatable bonds is 4. The maximum absolute atomic E-state index is 12.4. The lowest BCUT2D eigenvalue weighted by Crippen LogP contribution is -2.28. The lowest BCUT2D eigenvalue weighted by Gasteiger charge is -2.32. The predicted molar refractivity (Wildman–Crippen MR) is 62.3 cm³/mol. The van der Waals surface area contributed by atoms with E-state index in [1.807, 2.05) is 27.7 Å². The van der Waals surface area contributed by atoms with Crippen LogP contribution in [0.5, 0.6) is 0 Å². The van der Waals surface area contributed by atoms with E-state index in [4.69, 9.17) is 4.21 Å². The third kappa shape index (κ3) is 3.97. The molecule has 0 bridgehead atoms. The van der Waals surface area contributed by atoms with Crippen LogP contribution in [0.25, 0.3) is 0 Å². The second kappa shape index (κ2) is 4.29. The van der Waals surface area contributed by atoms with E-state index in [1.165, 1.54) is 0 Å². The summed E-state index contributed by atoms with van der Waals surface area (Å²) < 4.78 is 18.3. The van der Waals surface area contributed by atoms with Gasteiger partial charge < -0.3 is 4.21 Å². The highest BCUT2D eigenvalue weighted by molar-refractivity contribution is 7.61. The van der Waals surface area contributed by atoms with Gasteiger partial charge in [0.2, 0.25) is 0 Å². The third-order valence-corrected chi connectivity index (χ3v) is 8.07. The molecule has 0 aliphatic rings. The van der Waals surface area contributed by atoms with Gasteiger partial charge in [0.25, 0.3) is 0 Å². The van der Waals surface area contributed by atoms with Crippen LogP contribution in [-0.4, -0.2) is 19.6 Å². The van der Waals surface area contributed by atoms with Crippen molar-refractivity contribution in [2.45, 2.75) is 58.7 Å². The first-order valence-electron chi connectivity index (χ1n) is 4.90. The summed E-state index contributed by atoms with van der Waals surface area (Å²) in [5.74, 6) is 0. The van der Waals surface area contributed by atoms with Gasteiger partial charge in [-0.1, -0.05) is 27.7 Å². The number of hydrogen-bond acceptors (Lipinski definition) is 2. The van der Waals surface area contributed by atoms with E-state index in [2.05, 4.69) is 19.6 Å². The van der Waals surface area contributed by atoms with E-state index >= 15 is 0 Å². The van der Waals surface area contributed by atoms with Gasteiger partial charge in [-0.2, -0.15) is 0 Å². The quantitative estimate of drug-likeness (QED) is 0.532. The maximum atomic E-state index is 12.4. The van der Waals surface area contributed by atoms with Gasteiger partial charge in [-0.3, -0.25) is 4.57 Å². The van der Waals surface area contributed by atoms with Gasteiger partial charge in [0.15, 0.2) is 15.7 Å². The molecule has 80 valence electrons. The van der Waals surface area contributed by atoms with Crippen molar-refractivity contribution in [3.05, 3.63) is 0 Å². The minimum absolute atomic E-state index is 0.138. The Hall–Kier alpha value is 0.407. The Morgan fingerprint density at radius 2 is 1.31 bits per heavy atom. The predicted octanol–water partition coefficient (Wildman–Crippen LogP) is 3.93. The van der Waals surface area contributed by atoms with Crippen molar-refractivity contribution in [2.75, 3.05) is 0 Å². The van der Waals surface area contributed by atoms with Crippen LogP contribution in [0.3, 0.4) is 0 Å². The Kier molecular flexibility index (Phi) is 4.42. The molecule has 4 heteroatoms. The molecule has 0 aromatic carbocycles. The van der Waals surface area contributed by atoms with Gasteiger partial charge in [0.05, 0.1) is 0 Å². The van der Waals surface area contributed by atoms with E-state index in [0.717, 1.165) is 0 Å². The molecule has 0 aliphatic carbocycles. The van der Waals surface area contributed by atoms with Gasteiger partial charge in [-0.15, -0.1) is 0 Å². The molecule has 2 nitrogen and oxygen atoms in total. The van der Waals surface area contributed by atoms with Crippen molar-refractivity contribution in [3.63, 3.8) is 0 Å². The summed E-state index contributed by atoms with van der Waals surface area (Å²) in [6, 6.07) is 0. The highest BCUT2D eigenvalue weighted by Gasteiger charge is 2.36. The minimum Gasteiger partial charge on any atom is -0.370 e. The molecule has 0 unspecified atom stereocenters. The van der Waals surface area contributed by atoms with E-state index in [0.29, 0.717) is 0 Å². The first-order valence-corrected chi connectivity index (χ1v) is 10.1. The average molecular weight is 222 g/mol. The summed E-state index contributed by atoms with van der Waals surface area (Å²) in [5, 5.41) is 0.